The highest BCUT2D eigenvalue weighted by Gasteiger charge is 2.28. The molecule has 8 heterocycles. The number of rotatable bonds is 11. The quantitative estimate of drug-likeness (QED) is 0.125. The Labute approximate surface area is 650 Å². The molecule has 24 rings (SSSR count). The topological polar surface area (TPSA) is 123 Å². The van der Waals surface area contributed by atoms with Crippen LogP contribution in [0.25, 0.3) is 233 Å². The highest BCUT2D eigenvalue weighted by molar-refractivity contribution is 6.26. The van der Waals surface area contributed by atoms with Crippen LogP contribution in [0.1, 0.15) is 0 Å². The van der Waals surface area contributed by atoms with Gasteiger partial charge in [-0.1, -0.05) is 285 Å². The van der Waals surface area contributed by atoms with Crippen molar-refractivity contribution in [2.75, 3.05) is 0 Å². The minimum Gasteiger partial charge on any atom is -0.455 e. The van der Waals surface area contributed by atoms with Gasteiger partial charge in [-0.25, -0.2) is 9.97 Å². The molecule has 0 amide bonds. The Morgan fingerprint density at radius 1 is 0.184 bits per heavy atom. The molecule has 0 N–H and O–H groups in total. The molecule has 24 aromatic rings. The van der Waals surface area contributed by atoms with Crippen LogP contribution < -0.4 is 0 Å². The van der Waals surface area contributed by atoms with Crippen LogP contribution in [-0.4, -0.2) is 48.2 Å². The van der Waals surface area contributed by atoms with Crippen molar-refractivity contribution in [1.29, 1.82) is 0 Å². The third-order valence-electron chi connectivity index (χ3n) is 22.9. The van der Waals surface area contributed by atoms with Crippen molar-refractivity contribution in [2.24, 2.45) is 0 Å². The van der Waals surface area contributed by atoms with E-state index in [1.807, 2.05) is 48.5 Å². The third-order valence-corrected chi connectivity index (χ3v) is 22.9. The number of para-hydroxylation sites is 8. The van der Waals surface area contributed by atoms with Gasteiger partial charge in [-0.3, -0.25) is 9.13 Å². The molecule has 12 heteroatoms. The van der Waals surface area contributed by atoms with Crippen molar-refractivity contribution in [3.05, 3.63) is 364 Å². The van der Waals surface area contributed by atoms with Crippen molar-refractivity contribution < 1.29 is 8.83 Å². The normalized spacial score (nSPS) is 12.0. The Kier molecular flexibility index (Phi) is 13.8. The molecular weight excluding hydrogens is 1400 g/mol. The molecule has 12 nitrogen and oxygen atoms in total. The van der Waals surface area contributed by atoms with Gasteiger partial charge in [-0.2, -0.15) is 19.9 Å². The van der Waals surface area contributed by atoms with E-state index in [-0.39, 0.29) is 0 Å². The van der Waals surface area contributed by atoms with Crippen molar-refractivity contribution in [3.8, 4) is 102 Å². The minimum atomic E-state index is 0.489. The molecule has 0 saturated heterocycles. The van der Waals surface area contributed by atoms with Crippen LogP contribution in [0.4, 0.5) is 0 Å². The fourth-order valence-electron chi connectivity index (χ4n) is 17.7. The number of hydrogen-bond acceptors (Lipinski definition) is 8. The molecule has 8 aromatic heterocycles. The summed E-state index contributed by atoms with van der Waals surface area (Å²) < 4.78 is 23.0. The molecular formula is C102H60N10O2. The SMILES string of the molecule is c1ccc(-c2ccc(-c3nc(-c4cccc5c4oc4ccc(-c6ccc(-c7cccc(-n8c9ccccc9c9ccc%10c%11ccccc%11n(-c%11nc(-c%12ccccc%12)nc(-c%12cccc%13c%12oc%12ccccc%12%13)n%11)c%10c98)c7)cc6)cc45)nc(-n4c5ccccc5c5ccc6c7ccccc7n(-c7ccccc7)c6c54)n3)cc2)cc1. The molecule has 0 aliphatic carbocycles. The molecule has 114 heavy (non-hydrogen) atoms. The van der Waals surface area contributed by atoms with Gasteiger partial charge in [0.05, 0.1) is 55.3 Å². The van der Waals surface area contributed by atoms with Crippen molar-refractivity contribution in [1.82, 2.24) is 48.2 Å². The Bertz CT molecular complexity index is 8090. The molecule has 0 unspecified atom stereocenters. The lowest BCUT2D eigenvalue weighted by Crippen LogP contribution is -2.07. The summed E-state index contributed by atoms with van der Waals surface area (Å²) in [6.45, 7) is 0. The number of nitrogens with zero attached hydrogens (tertiary/aromatic N) is 10. The molecule has 0 bridgehead atoms. The van der Waals surface area contributed by atoms with Gasteiger partial charge in [0.25, 0.3) is 0 Å². The van der Waals surface area contributed by atoms with E-state index in [0.29, 0.717) is 40.8 Å². The summed E-state index contributed by atoms with van der Waals surface area (Å²) in [5.41, 5.74) is 23.0. The molecule has 0 aliphatic rings. The van der Waals surface area contributed by atoms with Gasteiger partial charge in [-0.15, -0.1) is 0 Å². The molecule has 0 atom stereocenters. The lowest BCUT2D eigenvalue weighted by molar-refractivity contribution is 0.669. The summed E-state index contributed by atoms with van der Waals surface area (Å²) in [5, 5.41) is 12.8. The summed E-state index contributed by atoms with van der Waals surface area (Å²) in [4.78, 5) is 32.7. The first-order valence-corrected chi connectivity index (χ1v) is 38.3. The number of hydrogen-bond donors (Lipinski definition) is 0. The maximum absolute atomic E-state index is 7.04. The van der Waals surface area contributed by atoms with Crippen LogP contribution in [0.3, 0.4) is 0 Å². The Morgan fingerprint density at radius 3 is 1.03 bits per heavy atom. The minimum absolute atomic E-state index is 0.489. The zero-order chi connectivity index (χ0) is 74.6. The third kappa shape index (κ3) is 9.71. The van der Waals surface area contributed by atoms with E-state index in [9.17, 15) is 0 Å². The van der Waals surface area contributed by atoms with Crippen LogP contribution >= 0.6 is 0 Å². The lowest BCUT2D eigenvalue weighted by Gasteiger charge is -2.14. The molecule has 0 fully saturated rings. The second-order valence-corrected chi connectivity index (χ2v) is 29.2. The van der Waals surface area contributed by atoms with Crippen LogP contribution in [-0.2, 0) is 0 Å². The standard InChI is InChI=1S/C102H60N10O2/c1-4-23-61(24-5-1)62-49-51-66(52-50-62)98-104-100(108-102(106-98)111-87-42-17-12-33-73(87)78-56-54-76-71-31-10-15-40-85(71)109(91(76)93(78)111)69-28-8-3-9-29-69)83-39-22-37-81-84-60-68(53-58-90(84)114-96(81)83)64-47-45-63(46-48-64)67-27-20-30-70(59-67)110-86-41-16-11-32-72(86)77-55-57-79-74-34-13-18-43-88(74)112(94(79)92(77)110)101-105-97(65-25-6-2-7-26-65)103-99(107-101)82-38-21-36-80-75-35-14-19-44-89(75)113-95(80)82/h1-60H. The van der Waals surface area contributed by atoms with Gasteiger partial charge in [0.2, 0.25) is 11.9 Å². The van der Waals surface area contributed by atoms with Gasteiger partial charge < -0.3 is 18.0 Å². The highest BCUT2D eigenvalue weighted by atomic mass is 16.3. The summed E-state index contributed by atoms with van der Waals surface area (Å²) in [6.07, 6.45) is 0. The van der Waals surface area contributed by atoms with E-state index >= 15 is 0 Å². The second-order valence-electron chi connectivity index (χ2n) is 29.2. The van der Waals surface area contributed by atoms with Crippen LogP contribution in [0.15, 0.2) is 373 Å². The van der Waals surface area contributed by atoms with Gasteiger partial charge in [0, 0.05) is 87.1 Å². The number of furan rings is 2. The van der Waals surface area contributed by atoms with Crippen molar-refractivity contribution in [3.63, 3.8) is 0 Å². The van der Waals surface area contributed by atoms with Gasteiger partial charge in [-0.05, 0) is 112 Å². The van der Waals surface area contributed by atoms with Gasteiger partial charge in [0.15, 0.2) is 23.3 Å². The largest absolute Gasteiger partial charge is 0.455 e. The molecule has 16 aromatic carbocycles. The average Bonchev–Trinajstić information content (AvgIpc) is 1.55. The van der Waals surface area contributed by atoms with E-state index < -0.39 is 0 Å². The smallest absolute Gasteiger partial charge is 0.238 e. The molecule has 0 radical (unpaired) electrons. The van der Waals surface area contributed by atoms with Crippen LogP contribution in [0.2, 0.25) is 0 Å². The second kappa shape index (κ2) is 24.9. The first kappa shape index (κ1) is 63.3. The Hall–Kier alpha value is -15.7. The van der Waals surface area contributed by atoms with Crippen molar-refractivity contribution >= 4 is 131 Å². The number of aromatic nitrogens is 10. The molecule has 530 valence electrons. The molecule has 0 aliphatic heterocycles. The zero-order valence-corrected chi connectivity index (χ0v) is 60.9. The highest BCUT2D eigenvalue weighted by Crippen LogP contribution is 2.47. The summed E-state index contributed by atoms with van der Waals surface area (Å²) in [6, 6.07) is 128. The fourth-order valence-corrected chi connectivity index (χ4v) is 17.7. The lowest BCUT2D eigenvalue weighted by atomic mass is 9.98. The maximum atomic E-state index is 7.04. The van der Waals surface area contributed by atoms with E-state index in [2.05, 4.69) is 334 Å². The maximum Gasteiger partial charge on any atom is 0.238 e. The van der Waals surface area contributed by atoms with Crippen LogP contribution in [0.5, 0.6) is 0 Å². The molecule has 0 spiro atoms. The summed E-state index contributed by atoms with van der Waals surface area (Å²) in [7, 11) is 0. The Morgan fingerprint density at radius 2 is 0.509 bits per heavy atom. The predicted molar refractivity (Wildman–Crippen MR) is 463 cm³/mol. The predicted octanol–water partition coefficient (Wildman–Crippen LogP) is 25.9. The van der Waals surface area contributed by atoms with Crippen LogP contribution in [0, 0.1) is 0 Å². The average molecular weight is 1460 g/mol. The van der Waals surface area contributed by atoms with E-state index in [1.54, 1.807) is 0 Å². The number of benzene rings is 16. The van der Waals surface area contributed by atoms with Gasteiger partial charge in [0.1, 0.15) is 22.3 Å². The van der Waals surface area contributed by atoms with Crippen molar-refractivity contribution in [2.45, 2.75) is 0 Å². The monoisotopic (exact) mass is 1460 g/mol. The van der Waals surface area contributed by atoms with E-state index in [4.69, 9.17) is 38.7 Å². The zero-order valence-electron chi connectivity index (χ0n) is 60.9. The Balaban J connectivity index is 0.627. The number of fused-ring (bicyclic) bond motifs is 20. The molecule has 0 saturated carbocycles. The van der Waals surface area contributed by atoms with E-state index in [1.165, 1.54) is 0 Å². The summed E-state index contributed by atoms with van der Waals surface area (Å²) in [5.74, 6) is 3.07. The van der Waals surface area contributed by atoms with E-state index in [0.717, 1.165) is 193 Å². The first-order valence-electron chi connectivity index (χ1n) is 38.3. The fraction of sp³-hybridized carbons (Fsp3) is 0. The first-order chi connectivity index (χ1) is 56.5. The van der Waals surface area contributed by atoms with Gasteiger partial charge >= 0.3 is 0 Å². The summed E-state index contributed by atoms with van der Waals surface area (Å²) >= 11 is 0.